The second-order valence-corrected chi connectivity index (χ2v) is 6.19. The topological polar surface area (TPSA) is 41.6 Å². The fraction of sp³-hybridized carbons (Fsp3) is 0.158. The minimum absolute atomic E-state index is 0.403. The highest BCUT2D eigenvalue weighted by Crippen LogP contribution is 2.30. The zero-order valence-corrected chi connectivity index (χ0v) is 13.2. The Balaban J connectivity index is 1.88. The lowest BCUT2D eigenvalue weighted by Gasteiger charge is -2.09. The number of nitriles is 1. The zero-order chi connectivity index (χ0) is 15.8. The highest BCUT2D eigenvalue weighted by atomic mass is 35.5. The molecular weight excluding hydrogens is 306 g/mol. The van der Waals surface area contributed by atoms with E-state index in [-0.39, 0.29) is 0 Å². The number of hydrogen-bond acceptors (Lipinski definition) is 2. The van der Waals surface area contributed by atoms with Gasteiger partial charge in [0.15, 0.2) is 5.69 Å². The van der Waals surface area contributed by atoms with Crippen molar-refractivity contribution in [2.45, 2.75) is 19.3 Å². The maximum Gasteiger partial charge on any atom is 0.163 e. The van der Waals surface area contributed by atoms with Gasteiger partial charge in [0.05, 0.1) is 11.4 Å². The van der Waals surface area contributed by atoms with Crippen molar-refractivity contribution in [1.29, 1.82) is 5.26 Å². The predicted molar refractivity (Wildman–Crippen MR) is 90.8 cm³/mol. The molecule has 2 aromatic carbocycles. The van der Waals surface area contributed by atoms with Crippen molar-refractivity contribution in [3.8, 4) is 23.0 Å². The molecule has 1 heterocycles. The summed E-state index contributed by atoms with van der Waals surface area (Å²) in [7, 11) is 0. The summed E-state index contributed by atoms with van der Waals surface area (Å²) in [4.78, 5) is 0. The molecule has 0 amide bonds. The van der Waals surface area contributed by atoms with Crippen molar-refractivity contribution in [2.24, 2.45) is 0 Å². The van der Waals surface area contributed by atoms with Gasteiger partial charge in [0.2, 0.25) is 0 Å². The van der Waals surface area contributed by atoms with Crippen molar-refractivity contribution in [1.82, 2.24) is 9.78 Å². The third-order valence-electron chi connectivity index (χ3n) is 4.27. The van der Waals surface area contributed by atoms with Gasteiger partial charge in [-0.1, -0.05) is 29.8 Å². The average molecular weight is 320 g/mol. The zero-order valence-electron chi connectivity index (χ0n) is 12.5. The molecule has 0 radical (unpaired) electrons. The lowest BCUT2D eigenvalue weighted by atomic mass is 10.0. The van der Waals surface area contributed by atoms with Crippen LogP contribution in [0.25, 0.3) is 16.9 Å². The summed E-state index contributed by atoms with van der Waals surface area (Å²) in [5.74, 6) is 0. The molecule has 0 saturated heterocycles. The number of aromatic nitrogens is 2. The normalized spacial score (nSPS) is 12.9. The van der Waals surface area contributed by atoms with Crippen molar-refractivity contribution < 1.29 is 0 Å². The molecule has 3 aromatic rings. The predicted octanol–water partition coefficient (Wildman–Crippen LogP) is 4.55. The molecule has 4 heteroatoms. The minimum atomic E-state index is 0.403. The van der Waals surface area contributed by atoms with Crippen molar-refractivity contribution in [2.75, 3.05) is 0 Å². The molecule has 0 unspecified atom stereocenters. The Morgan fingerprint density at radius 1 is 1.04 bits per heavy atom. The fourth-order valence-electron chi connectivity index (χ4n) is 3.18. The Hall–Kier alpha value is -2.57. The molecule has 0 saturated carbocycles. The van der Waals surface area contributed by atoms with Crippen LogP contribution in [0.2, 0.25) is 5.02 Å². The summed E-state index contributed by atoms with van der Waals surface area (Å²) in [6, 6.07) is 18.0. The van der Waals surface area contributed by atoms with Crippen LogP contribution in [-0.4, -0.2) is 9.78 Å². The van der Waals surface area contributed by atoms with E-state index in [1.54, 1.807) is 4.68 Å². The molecule has 0 atom stereocenters. The van der Waals surface area contributed by atoms with Gasteiger partial charge in [0, 0.05) is 16.7 Å². The van der Waals surface area contributed by atoms with Crippen molar-refractivity contribution in [3.05, 3.63) is 70.4 Å². The van der Waals surface area contributed by atoms with Crippen molar-refractivity contribution in [3.63, 3.8) is 0 Å². The SMILES string of the molecule is N#Cc1cc(-c2ccc3c(c2)CCC3)n(-c2cccc(Cl)c2)n1. The van der Waals surface area contributed by atoms with Gasteiger partial charge in [0.1, 0.15) is 6.07 Å². The van der Waals surface area contributed by atoms with E-state index in [1.807, 2.05) is 30.3 Å². The van der Waals surface area contributed by atoms with Crippen LogP contribution < -0.4 is 0 Å². The number of aryl methyl sites for hydroxylation is 2. The van der Waals surface area contributed by atoms with E-state index in [9.17, 15) is 5.26 Å². The van der Waals surface area contributed by atoms with E-state index in [2.05, 4.69) is 29.4 Å². The Kier molecular flexibility index (Phi) is 3.40. The number of hydrogen-bond donors (Lipinski definition) is 0. The first-order valence-corrected chi connectivity index (χ1v) is 8.01. The third-order valence-corrected chi connectivity index (χ3v) is 4.51. The summed E-state index contributed by atoms with van der Waals surface area (Å²) in [6.07, 6.45) is 3.50. The Labute approximate surface area is 139 Å². The lowest BCUT2D eigenvalue weighted by molar-refractivity contribution is 0.880. The van der Waals surface area contributed by atoms with Gasteiger partial charge < -0.3 is 0 Å². The standard InChI is InChI=1S/C19H14ClN3/c20-16-5-2-6-18(10-16)23-19(11-17(12-21)22-23)15-8-7-13-3-1-4-14(13)9-15/h2,5-11H,1,3-4H2. The van der Waals surface area contributed by atoms with Gasteiger partial charge in [-0.05, 0) is 54.7 Å². The van der Waals surface area contributed by atoms with Crippen LogP contribution in [-0.2, 0) is 12.8 Å². The molecule has 3 nitrogen and oxygen atoms in total. The Morgan fingerprint density at radius 3 is 2.74 bits per heavy atom. The molecule has 1 aromatic heterocycles. The monoisotopic (exact) mass is 319 g/mol. The van der Waals surface area contributed by atoms with Crippen molar-refractivity contribution >= 4 is 11.6 Å². The van der Waals surface area contributed by atoms with Crippen LogP contribution in [0.5, 0.6) is 0 Å². The number of rotatable bonds is 2. The first-order chi connectivity index (χ1) is 11.2. The highest BCUT2D eigenvalue weighted by molar-refractivity contribution is 6.30. The highest BCUT2D eigenvalue weighted by Gasteiger charge is 2.16. The molecule has 112 valence electrons. The average Bonchev–Trinajstić information content (AvgIpc) is 3.20. The quantitative estimate of drug-likeness (QED) is 0.695. The van der Waals surface area contributed by atoms with Gasteiger partial charge in [0.25, 0.3) is 0 Å². The van der Waals surface area contributed by atoms with E-state index >= 15 is 0 Å². The van der Waals surface area contributed by atoms with E-state index < -0.39 is 0 Å². The Morgan fingerprint density at radius 2 is 1.91 bits per heavy atom. The van der Waals surface area contributed by atoms with Crippen LogP contribution in [0, 0.1) is 11.3 Å². The van der Waals surface area contributed by atoms with Gasteiger partial charge in [-0.3, -0.25) is 0 Å². The summed E-state index contributed by atoms with van der Waals surface area (Å²) in [5.41, 5.74) is 6.09. The lowest BCUT2D eigenvalue weighted by Crippen LogP contribution is -1.99. The molecule has 0 bridgehead atoms. The smallest absolute Gasteiger partial charge is 0.163 e. The molecule has 0 fully saturated rings. The van der Waals surface area contributed by atoms with Gasteiger partial charge in [-0.15, -0.1) is 0 Å². The number of fused-ring (bicyclic) bond motifs is 1. The van der Waals surface area contributed by atoms with E-state index in [4.69, 9.17) is 11.6 Å². The van der Waals surface area contributed by atoms with Crippen LogP contribution >= 0.6 is 11.6 Å². The molecule has 0 spiro atoms. The molecule has 0 N–H and O–H groups in total. The molecule has 1 aliphatic carbocycles. The number of benzene rings is 2. The summed E-state index contributed by atoms with van der Waals surface area (Å²) in [6.45, 7) is 0. The number of nitrogens with zero attached hydrogens (tertiary/aromatic N) is 3. The second kappa shape index (κ2) is 5.57. The fourth-order valence-corrected chi connectivity index (χ4v) is 3.36. The van der Waals surface area contributed by atoms with E-state index in [0.717, 1.165) is 29.8 Å². The van der Waals surface area contributed by atoms with Crippen LogP contribution in [0.1, 0.15) is 23.2 Å². The molecule has 1 aliphatic rings. The maximum absolute atomic E-state index is 9.23. The van der Waals surface area contributed by atoms with E-state index in [1.165, 1.54) is 17.5 Å². The summed E-state index contributed by atoms with van der Waals surface area (Å²) >= 11 is 6.10. The van der Waals surface area contributed by atoms with E-state index in [0.29, 0.717) is 10.7 Å². The third kappa shape index (κ3) is 2.52. The first-order valence-electron chi connectivity index (χ1n) is 7.63. The molecular formula is C19H14ClN3. The molecule has 23 heavy (non-hydrogen) atoms. The minimum Gasteiger partial charge on any atom is -0.232 e. The van der Waals surface area contributed by atoms with Gasteiger partial charge in [-0.2, -0.15) is 10.4 Å². The summed E-state index contributed by atoms with van der Waals surface area (Å²) in [5, 5.41) is 14.3. The number of halogens is 1. The van der Waals surface area contributed by atoms with Gasteiger partial charge >= 0.3 is 0 Å². The molecule has 0 aliphatic heterocycles. The maximum atomic E-state index is 9.23. The van der Waals surface area contributed by atoms with Crippen LogP contribution in [0.3, 0.4) is 0 Å². The summed E-state index contributed by atoms with van der Waals surface area (Å²) < 4.78 is 1.79. The largest absolute Gasteiger partial charge is 0.232 e. The van der Waals surface area contributed by atoms with Crippen LogP contribution in [0.15, 0.2) is 48.5 Å². The van der Waals surface area contributed by atoms with Gasteiger partial charge in [-0.25, -0.2) is 4.68 Å². The first kappa shape index (κ1) is 14.0. The molecule has 4 rings (SSSR count). The second-order valence-electron chi connectivity index (χ2n) is 5.76. The van der Waals surface area contributed by atoms with Crippen LogP contribution in [0.4, 0.5) is 0 Å². The Bertz CT molecular complexity index is 934.